The zero-order valence-electron chi connectivity index (χ0n) is 14.8. The molecule has 0 spiro atoms. The standard InChI is InChI=1S/C21H18N2O3S/c1-25-13-14-5-4-6-15(11-14)20(24)22-12-16-9-10-18(26-16)21-23-17-7-2-3-8-19(17)27-21/h2-11H,12-13H2,1H3,(H,22,24). The van der Waals surface area contributed by atoms with Crippen LogP contribution in [0.5, 0.6) is 0 Å². The molecule has 6 heteroatoms. The number of hydrogen-bond acceptors (Lipinski definition) is 5. The number of furan rings is 1. The summed E-state index contributed by atoms with van der Waals surface area (Å²) in [6.45, 7) is 0.795. The van der Waals surface area contributed by atoms with Crippen molar-refractivity contribution in [3.8, 4) is 10.8 Å². The molecule has 27 heavy (non-hydrogen) atoms. The lowest BCUT2D eigenvalue weighted by Gasteiger charge is -2.05. The lowest BCUT2D eigenvalue weighted by atomic mass is 10.1. The first-order chi connectivity index (χ1) is 13.2. The predicted octanol–water partition coefficient (Wildman–Crippen LogP) is 4.63. The third-order valence-electron chi connectivity index (χ3n) is 4.09. The van der Waals surface area contributed by atoms with Crippen molar-refractivity contribution in [2.24, 2.45) is 0 Å². The first kappa shape index (κ1) is 17.5. The van der Waals surface area contributed by atoms with Gasteiger partial charge in [0.2, 0.25) is 0 Å². The fraction of sp³-hybridized carbons (Fsp3) is 0.143. The van der Waals surface area contributed by atoms with Crippen LogP contribution in [0, 0.1) is 0 Å². The van der Waals surface area contributed by atoms with E-state index < -0.39 is 0 Å². The molecule has 4 aromatic rings. The zero-order chi connectivity index (χ0) is 18.6. The third-order valence-corrected chi connectivity index (χ3v) is 5.14. The number of rotatable bonds is 6. The molecule has 2 aromatic carbocycles. The van der Waals surface area contributed by atoms with Gasteiger partial charge in [-0.3, -0.25) is 4.79 Å². The lowest BCUT2D eigenvalue weighted by Crippen LogP contribution is -2.22. The minimum atomic E-state index is -0.147. The molecule has 0 aliphatic carbocycles. The van der Waals surface area contributed by atoms with Crippen LogP contribution in [-0.2, 0) is 17.9 Å². The van der Waals surface area contributed by atoms with E-state index in [1.807, 2.05) is 54.6 Å². The Kier molecular flexibility index (Phi) is 5.00. The molecule has 0 unspecified atom stereocenters. The summed E-state index contributed by atoms with van der Waals surface area (Å²) >= 11 is 1.59. The van der Waals surface area contributed by atoms with Crippen molar-refractivity contribution in [3.63, 3.8) is 0 Å². The van der Waals surface area contributed by atoms with Crippen LogP contribution in [0.3, 0.4) is 0 Å². The number of fused-ring (bicyclic) bond motifs is 1. The molecule has 0 aliphatic rings. The third kappa shape index (κ3) is 3.92. The maximum atomic E-state index is 12.4. The first-order valence-corrected chi connectivity index (χ1v) is 9.35. The highest BCUT2D eigenvalue weighted by Crippen LogP contribution is 2.31. The molecule has 0 aliphatic heterocycles. The summed E-state index contributed by atoms with van der Waals surface area (Å²) in [6.07, 6.45) is 0. The SMILES string of the molecule is COCc1cccc(C(=O)NCc2ccc(-c3nc4ccccc4s3)o2)c1. The van der Waals surface area contributed by atoms with Gasteiger partial charge >= 0.3 is 0 Å². The number of carbonyl (C=O) groups excluding carboxylic acids is 1. The van der Waals surface area contributed by atoms with Crippen LogP contribution in [0.1, 0.15) is 21.7 Å². The molecule has 5 nitrogen and oxygen atoms in total. The maximum absolute atomic E-state index is 12.4. The number of benzene rings is 2. The average Bonchev–Trinajstić information content (AvgIpc) is 3.33. The molecule has 1 amide bonds. The molecule has 4 rings (SSSR count). The maximum Gasteiger partial charge on any atom is 0.251 e. The number of thiazole rings is 1. The largest absolute Gasteiger partial charge is 0.457 e. The minimum absolute atomic E-state index is 0.147. The number of nitrogens with zero attached hydrogens (tertiary/aromatic N) is 1. The monoisotopic (exact) mass is 378 g/mol. The van der Waals surface area contributed by atoms with Crippen molar-refractivity contribution in [2.75, 3.05) is 7.11 Å². The van der Waals surface area contributed by atoms with Gasteiger partial charge in [0.05, 0.1) is 23.4 Å². The second kappa shape index (κ2) is 7.73. The van der Waals surface area contributed by atoms with Gasteiger partial charge < -0.3 is 14.5 Å². The number of para-hydroxylation sites is 1. The molecular weight excluding hydrogens is 360 g/mol. The van der Waals surface area contributed by atoms with Gasteiger partial charge in [0.15, 0.2) is 10.8 Å². The highest BCUT2D eigenvalue weighted by Gasteiger charge is 2.12. The highest BCUT2D eigenvalue weighted by molar-refractivity contribution is 7.21. The molecule has 0 saturated heterocycles. The predicted molar refractivity (Wildman–Crippen MR) is 106 cm³/mol. The van der Waals surface area contributed by atoms with E-state index in [1.54, 1.807) is 24.5 Å². The van der Waals surface area contributed by atoms with Crippen molar-refractivity contribution in [1.29, 1.82) is 0 Å². The van der Waals surface area contributed by atoms with E-state index in [0.29, 0.717) is 30.2 Å². The highest BCUT2D eigenvalue weighted by atomic mass is 32.1. The van der Waals surface area contributed by atoms with Crippen LogP contribution in [0.15, 0.2) is 65.1 Å². The summed E-state index contributed by atoms with van der Waals surface area (Å²) in [5.74, 6) is 1.25. The van der Waals surface area contributed by atoms with E-state index in [9.17, 15) is 4.79 Å². The Hall–Kier alpha value is -2.96. The summed E-state index contributed by atoms with van der Waals surface area (Å²) in [4.78, 5) is 17.0. The van der Waals surface area contributed by atoms with Gasteiger partial charge in [0.25, 0.3) is 5.91 Å². The molecular formula is C21H18N2O3S. The lowest BCUT2D eigenvalue weighted by molar-refractivity contribution is 0.0947. The molecule has 2 heterocycles. The Morgan fingerprint density at radius 2 is 2.04 bits per heavy atom. The van der Waals surface area contributed by atoms with Gasteiger partial charge in [-0.2, -0.15) is 0 Å². The van der Waals surface area contributed by atoms with E-state index >= 15 is 0 Å². The number of ether oxygens (including phenoxy) is 1. The van der Waals surface area contributed by atoms with Gasteiger partial charge in [-0.05, 0) is 42.0 Å². The number of methoxy groups -OCH3 is 1. The van der Waals surface area contributed by atoms with Gasteiger partial charge in [0, 0.05) is 12.7 Å². The van der Waals surface area contributed by atoms with Gasteiger partial charge in [-0.25, -0.2) is 4.98 Å². The van der Waals surface area contributed by atoms with E-state index in [2.05, 4.69) is 10.3 Å². The van der Waals surface area contributed by atoms with Crippen molar-refractivity contribution in [3.05, 3.63) is 77.6 Å². The van der Waals surface area contributed by atoms with Crippen LogP contribution in [0.2, 0.25) is 0 Å². The van der Waals surface area contributed by atoms with E-state index in [0.717, 1.165) is 20.8 Å². The van der Waals surface area contributed by atoms with Crippen LogP contribution in [0.25, 0.3) is 21.0 Å². The summed E-state index contributed by atoms with van der Waals surface area (Å²) in [5, 5.41) is 3.72. The Morgan fingerprint density at radius 3 is 2.89 bits per heavy atom. The van der Waals surface area contributed by atoms with Gasteiger partial charge in [-0.15, -0.1) is 11.3 Å². The quantitative estimate of drug-likeness (QED) is 0.531. The Bertz CT molecular complexity index is 1050. The average molecular weight is 378 g/mol. The Balaban J connectivity index is 1.43. The smallest absolute Gasteiger partial charge is 0.251 e. The van der Waals surface area contributed by atoms with Crippen LogP contribution in [-0.4, -0.2) is 18.0 Å². The first-order valence-electron chi connectivity index (χ1n) is 8.53. The molecule has 0 fully saturated rings. The second-order valence-corrected chi connectivity index (χ2v) is 7.10. The molecule has 136 valence electrons. The van der Waals surface area contributed by atoms with Crippen LogP contribution in [0.4, 0.5) is 0 Å². The number of carbonyl (C=O) groups is 1. The molecule has 1 N–H and O–H groups in total. The van der Waals surface area contributed by atoms with Crippen molar-refractivity contribution < 1.29 is 13.9 Å². The van der Waals surface area contributed by atoms with Gasteiger partial charge in [-0.1, -0.05) is 24.3 Å². The number of hydrogen-bond donors (Lipinski definition) is 1. The number of aromatic nitrogens is 1. The topological polar surface area (TPSA) is 64.4 Å². The molecule has 0 saturated carbocycles. The van der Waals surface area contributed by atoms with E-state index in [1.165, 1.54) is 0 Å². The van der Waals surface area contributed by atoms with Crippen LogP contribution < -0.4 is 5.32 Å². The minimum Gasteiger partial charge on any atom is -0.457 e. The van der Waals surface area contributed by atoms with Crippen molar-refractivity contribution >= 4 is 27.5 Å². The molecule has 0 radical (unpaired) electrons. The molecule has 0 atom stereocenters. The van der Waals surface area contributed by atoms with Crippen LogP contribution >= 0.6 is 11.3 Å². The van der Waals surface area contributed by atoms with Gasteiger partial charge in [0.1, 0.15) is 5.76 Å². The van der Waals surface area contributed by atoms with Crippen molar-refractivity contribution in [1.82, 2.24) is 10.3 Å². The number of amides is 1. The normalized spacial score (nSPS) is 11.0. The molecule has 2 aromatic heterocycles. The summed E-state index contributed by atoms with van der Waals surface area (Å²) in [6, 6.07) is 19.1. The van der Waals surface area contributed by atoms with E-state index in [-0.39, 0.29) is 5.91 Å². The summed E-state index contributed by atoms with van der Waals surface area (Å²) in [5.41, 5.74) is 2.52. The summed E-state index contributed by atoms with van der Waals surface area (Å²) in [7, 11) is 1.63. The fourth-order valence-corrected chi connectivity index (χ4v) is 3.73. The Morgan fingerprint density at radius 1 is 1.15 bits per heavy atom. The number of nitrogens with one attached hydrogen (secondary N) is 1. The Labute approximate surface area is 160 Å². The summed E-state index contributed by atoms with van der Waals surface area (Å²) < 4.78 is 12.1. The fourth-order valence-electron chi connectivity index (χ4n) is 2.80. The second-order valence-electron chi connectivity index (χ2n) is 6.07. The zero-order valence-corrected chi connectivity index (χ0v) is 15.6. The van der Waals surface area contributed by atoms with Crippen molar-refractivity contribution in [2.45, 2.75) is 13.2 Å². The molecule has 0 bridgehead atoms. The van der Waals surface area contributed by atoms with E-state index in [4.69, 9.17) is 9.15 Å².